The Morgan fingerprint density at radius 2 is 2.17 bits per heavy atom. The number of nitrogens with zero attached hydrogens (tertiary/aromatic N) is 7. The highest BCUT2D eigenvalue weighted by Crippen LogP contribution is 2.34. The molecule has 0 unspecified atom stereocenters. The molecule has 2 aromatic heterocycles. The molecule has 2 aliphatic rings. The Bertz CT molecular complexity index is 775. The fourth-order valence-corrected chi connectivity index (χ4v) is 3.99. The number of rotatable bonds is 3. The lowest BCUT2D eigenvalue weighted by atomic mass is 10.1. The highest BCUT2D eigenvalue weighted by molar-refractivity contribution is 5.61. The molecule has 2 aromatic rings. The molecule has 0 aromatic carbocycles. The summed E-state index contributed by atoms with van der Waals surface area (Å²) < 4.78 is 1.92. The van der Waals surface area contributed by atoms with Crippen LogP contribution in [0.15, 0.2) is 18.6 Å². The molecule has 1 saturated heterocycles. The number of likely N-dealkylation sites (N-methyl/N-ethyl adjacent to an activating group) is 1. The molecule has 2 atom stereocenters. The van der Waals surface area contributed by atoms with Crippen LogP contribution >= 0.6 is 0 Å². The molecule has 0 radical (unpaired) electrons. The molecule has 0 spiro atoms. The lowest BCUT2D eigenvalue weighted by Gasteiger charge is -2.24. The van der Waals surface area contributed by atoms with Gasteiger partial charge in [0.05, 0.1) is 23.8 Å². The normalized spacial score (nSPS) is 22.8. The lowest BCUT2D eigenvalue weighted by molar-refractivity contribution is 0.243. The van der Waals surface area contributed by atoms with E-state index >= 15 is 0 Å². The zero-order valence-electron chi connectivity index (χ0n) is 14.1. The van der Waals surface area contributed by atoms with E-state index < -0.39 is 0 Å². The van der Waals surface area contributed by atoms with E-state index in [2.05, 4.69) is 45.3 Å². The Balaban J connectivity index is 1.70. The first-order valence-corrected chi connectivity index (χ1v) is 8.37. The molecule has 1 fully saturated rings. The summed E-state index contributed by atoms with van der Waals surface area (Å²) in [5, 5.41) is 17.8. The minimum atomic E-state index is 0.198. The second-order valence-corrected chi connectivity index (χ2v) is 6.81. The summed E-state index contributed by atoms with van der Waals surface area (Å²) >= 11 is 0. The second-order valence-electron chi connectivity index (χ2n) is 6.81. The number of aromatic nitrogens is 4. The maximum absolute atomic E-state index is 9.71. The van der Waals surface area contributed by atoms with Crippen molar-refractivity contribution in [3.63, 3.8) is 0 Å². The molecule has 4 rings (SSSR count). The van der Waals surface area contributed by atoms with Gasteiger partial charge in [0, 0.05) is 25.5 Å². The van der Waals surface area contributed by atoms with Crippen LogP contribution in [0.5, 0.6) is 0 Å². The highest BCUT2D eigenvalue weighted by Gasteiger charge is 2.38. The van der Waals surface area contributed by atoms with Gasteiger partial charge >= 0.3 is 0 Å². The topological polar surface area (TPSA) is 73.9 Å². The van der Waals surface area contributed by atoms with Gasteiger partial charge in [-0.2, -0.15) is 5.26 Å². The Hall–Kier alpha value is -2.46. The third kappa shape index (κ3) is 2.34. The third-order valence-corrected chi connectivity index (χ3v) is 5.24. The smallest absolute Gasteiger partial charge is 0.146 e. The van der Waals surface area contributed by atoms with E-state index in [0.717, 1.165) is 43.7 Å². The summed E-state index contributed by atoms with van der Waals surface area (Å²) in [6.45, 7) is 1.62. The Morgan fingerprint density at radius 3 is 2.88 bits per heavy atom. The van der Waals surface area contributed by atoms with Gasteiger partial charge in [0.1, 0.15) is 11.9 Å². The van der Waals surface area contributed by atoms with Crippen LogP contribution in [-0.2, 0) is 12.8 Å². The molecule has 3 heterocycles. The first-order chi connectivity index (χ1) is 11.7. The maximum Gasteiger partial charge on any atom is 0.146 e. The van der Waals surface area contributed by atoms with Gasteiger partial charge < -0.3 is 9.80 Å². The van der Waals surface area contributed by atoms with Crippen LogP contribution in [0.1, 0.15) is 29.2 Å². The number of nitriles is 1. The van der Waals surface area contributed by atoms with E-state index in [4.69, 9.17) is 0 Å². The first kappa shape index (κ1) is 15.1. The summed E-state index contributed by atoms with van der Waals surface area (Å²) in [4.78, 5) is 9.10. The quantitative estimate of drug-likeness (QED) is 0.840. The van der Waals surface area contributed by atoms with Gasteiger partial charge in [-0.1, -0.05) is 5.21 Å². The van der Waals surface area contributed by atoms with E-state index in [-0.39, 0.29) is 6.04 Å². The molecule has 0 N–H and O–H groups in total. The fourth-order valence-electron chi connectivity index (χ4n) is 3.99. The van der Waals surface area contributed by atoms with Crippen molar-refractivity contribution >= 4 is 5.82 Å². The van der Waals surface area contributed by atoms with Crippen LogP contribution in [0.25, 0.3) is 0 Å². The predicted octanol–water partition coefficient (Wildman–Crippen LogP) is 1.02. The van der Waals surface area contributed by atoms with E-state index in [9.17, 15) is 5.26 Å². The maximum atomic E-state index is 9.71. The number of anilines is 1. The van der Waals surface area contributed by atoms with Crippen LogP contribution in [0, 0.1) is 11.3 Å². The van der Waals surface area contributed by atoms with E-state index in [1.165, 1.54) is 11.1 Å². The van der Waals surface area contributed by atoms with Crippen LogP contribution in [-0.4, -0.2) is 58.1 Å². The molecule has 7 nitrogen and oxygen atoms in total. The van der Waals surface area contributed by atoms with Crippen LogP contribution in [0.2, 0.25) is 0 Å². The molecule has 1 aliphatic carbocycles. The summed E-state index contributed by atoms with van der Waals surface area (Å²) in [5.41, 5.74) is 3.21. The average Bonchev–Trinajstić information content (AvgIpc) is 3.30. The molecule has 7 heteroatoms. The Kier molecular flexibility index (Phi) is 3.69. The monoisotopic (exact) mass is 323 g/mol. The third-order valence-electron chi connectivity index (χ3n) is 5.24. The van der Waals surface area contributed by atoms with E-state index in [0.29, 0.717) is 6.04 Å². The number of aryl methyl sites for hydroxylation is 1. The number of pyridine rings is 1. The van der Waals surface area contributed by atoms with Crippen molar-refractivity contribution in [3.05, 3.63) is 35.3 Å². The van der Waals surface area contributed by atoms with Crippen molar-refractivity contribution in [1.29, 1.82) is 5.26 Å². The summed E-state index contributed by atoms with van der Waals surface area (Å²) in [6.07, 6.45) is 8.74. The van der Waals surface area contributed by atoms with Crippen molar-refractivity contribution < 1.29 is 0 Å². The minimum Gasteiger partial charge on any atom is -0.352 e. The van der Waals surface area contributed by atoms with Crippen LogP contribution in [0.3, 0.4) is 0 Å². The molecular formula is C17H21N7. The van der Waals surface area contributed by atoms with Crippen molar-refractivity contribution in [1.82, 2.24) is 24.9 Å². The zero-order valence-corrected chi connectivity index (χ0v) is 14.1. The minimum absolute atomic E-state index is 0.198. The number of fused-ring (bicyclic) bond motifs is 1. The number of hydrogen-bond acceptors (Lipinski definition) is 6. The van der Waals surface area contributed by atoms with Crippen molar-refractivity contribution in [2.45, 2.75) is 31.3 Å². The van der Waals surface area contributed by atoms with Crippen molar-refractivity contribution in [3.8, 4) is 6.07 Å². The summed E-state index contributed by atoms with van der Waals surface area (Å²) in [7, 11) is 4.17. The van der Waals surface area contributed by atoms with Gasteiger partial charge in [0.15, 0.2) is 0 Å². The van der Waals surface area contributed by atoms with Gasteiger partial charge in [0.2, 0.25) is 0 Å². The SMILES string of the molecule is CN(C)[C@@H]1CN(c2ncc3c(c2C#N)CCC3)C[C@@H]1n1ccnn1. The Morgan fingerprint density at radius 1 is 1.29 bits per heavy atom. The largest absolute Gasteiger partial charge is 0.352 e. The predicted molar refractivity (Wildman–Crippen MR) is 89.7 cm³/mol. The van der Waals surface area contributed by atoms with E-state index in [1.807, 2.05) is 17.1 Å². The molecule has 0 saturated carbocycles. The van der Waals surface area contributed by atoms with Crippen molar-refractivity contribution in [2.75, 3.05) is 32.1 Å². The number of hydrogen-bond donors (Lipinski definition) is 0. The standard InChI is InChI=1S/C17H21N7/c1-22(2)15-10-23(11-16(15)24-7-6-20-21-24)17-14(8-18)13-5-3-4-12(13)9-19-17/h6-7,9,15-16H,3-5,10-11H2,1-2H3/t15-,16+/m1/s1. The summed E-state index contributed by atoms with van der Waals surface area (Å²) in [6, 6.07) is 2.91. The lowest BCUT2D eigenvalue weighted by Crippen LogP contribution is -2.36. The molecular weight excluding hydrogens is 302 g/mol. The van der Waals surface area contributed by atoms with Gasteiger partial charge in [-0.05, 0) is 44.5 Å². The van der Waals surface area contributed by atoms with E-state index in [1.54, 1.807) is 6.20 Å². The van der Waals surface area contributed by atoms with Gasteiger partial charge in [0.25, 0.3) is 0 Å². The van der Waals surface area contributed by atoms with Crippen LogP contribution < -0.4 is 4.90 Å². The fraction of sp³-hybridized carbons (Fsp3) is 0.529. The highest BCUT2D eigenvalue weighted by atomic mass is 15.5. The Labute approximate surface area is 141 Å². The van der Waals surface area contributed by atoms with Gasteiger partial charge in [-0.3, -0.25) is 0 Å². The molecule has 1 aliphatic heterocycles. The molecule has 24 heavy (non-hydrogen) atoms. The average molecular weight is 323 g/mol. The first-order valence-electron chi connectivity index (χ1n) is 8.37. The van der Waals surface area contributed by atoms with Crippen molar-refractivity contribution in [2.24, 2.45) is 0 Å². The molecule has 124 valence electrons. The van der Waals surface area contributed by atoms with Crippen LogP contribution in [0.4, 0.5) is 5.82 Å². The second kappa shape index (κ2) is 5.87. The molecule has 0 amide bonds. The molecule has 0 bridgehead atoms. The summed E-state index contributed by atoms with van der Waals surface area (Å²) in [5.74, 6) is 0.826. The van der Waals surface area contributed by atoms with Gasteiger partial charge in [-0.15, -0.1) is 5.10 Å². The van der Waals surface area contributed by atoms with Gasteiger partial charge in [-0.25, -0.2) is 9.67 Å². The zero-order chi connectivity index (χ0) is 16.7.